The normalized spacial score (nSPS) is 11.2. The largest absolute Gasteiger partial charge is 0.573 e. The molecule has 50 heavy (non-hydrogen) atoms. The number of nitrogens with two attached hydrogens (primary N) is 1. The molecule has 0 unspecified atom stereocenters. The van der Waals surface area contributed by atoms with Gasteiger partial charge in [-0.3, -0.25) is 9.98 Å². The fraction of sp³-hybridized carbons (Fsp3) is 0.143. The van der Waals surface area contributed by atoms with Crippen LogP contribution < -0.4 is 20.0 Å². The Hall–Kier alpha value is -5.70. The molecular formula is C35H32F6N6O2S. The molecule has 5 aromatic rings. The predicted octanol–water partition coefficient (Wildman–Crippen LogP) is 9.14. The van der Waals surface area contributed by atoms with E-state index in [0.717, 1.165) is 33.6 Å². The number of nitrogens with zero attached hydrogens (tertiary/aromatic N) is 3. The third-order valence-electron chi connectivity index (χ3n) is 6.61. The number of nitrogens with one attached hydrogen (secondary N) is 2. The van der Waals surface area contributed by atoms with Gasteiger partial charge in [-0.25, -0.2) is 23.2 Å². The highest BCUT2D eigenvalue weighted by Crippen LogP contribution is 2.30. The molecule has 0 aliphatic carbocycles. The van der Waals surface area contributed by atoms with Crippen LogP contribution >= 0.6 is 11.3 Å². The monoisotopic (exact) mass is 714 g/mol. The molecule has 0 bridgehead atoms. The number of hydrogen-bond donors (Lipinski definition) is 3. The Morgan fingerprint density at radius 3 is 2.00 bits per heavy atom. The molecule has 4 aromatic carbocycles. The number of rotatable bonds is 9. The number of benzene rings is 4. The summed E-state index contributed by atoms with van der Waals surface area (Å²) >= 11 is 1.27. The Balaban J connectivity index is 0.000000253. The van der Waals surface area contributed by atoms with E-state index in [1.807, 2.05) is 42.0 Å². The lowest BCUT2D eigenvalue weighted by Crippen LogP contribution is -2.17. The van der Waals surface area contributed by atoms with E-state index in [1.54, 1.807) is 60.7 Å². The summed E-state index contributed by atoms with van der Waals surface area (Å²) in [5, 5.41) is 17.2. The third-order valence-corrected chi connectivity index (χ3v) is 7.35. The highest BCUT2D eigenvalue weighted by atomic mass is 32.1. The molecule has 0 amide bonds. The number of para-hydroxylation sites is 1. The number of halogens is 6. The number of aromatic nitrogens is 1. The van der Waals surface area contributed by atoms with Gasteiger partial charge in [-0.05, 0) is 84.6 Å². The van der Waals surface area contributed by atoms with Crippen LogP contribution in [-0.4, -0.2) is 43.1 Å². The average molecular weight is 715 g/mol. The third kappa shape index (κ3) is 11.5. The van der Waals surface area contributed by atoms with Crippen molar-refractivity contribution >= 4 is 35.4 Å². The second-order valence-electron chi connectivity index (χ2n) is 9.95. The van der Waals surface area contributed by atoms with Crippen LogP contribution in [0.15, 0.2) is 106 Å². The maximum Gasteiger partial charge on any atom is 0.573 e. The van der Waals surface area contributed by atoms with Crippen LogP contribution in [0.4, 0.5) is 32.0 Å². The summed E-state index contributed by atoms with van der Waals surface area (Å²) in [6.07, 6.45) is -2.10. The van der Waals surface area contributed by atoms with Crippen molar-refractivity contribution < 1.29 is 35.8 Å². The Labute approximate surface area is 287 Å². The molecule has 15 heteroatoms. The van der Waals surface area contributed by atoms with Crippen molar-refractivity contribution in [2.24, 2.45) is 15.7 Å². The molecule has 8 nitrogen and oxygen atoms in total. The molecule has 0 aliphatic rings. The van der Waals surface area contributed by atoms with E-state index in [4.69, 9.17) is 21.3 Å². The van der Waals surface area contributed by atoms with E-state index in [2.05, 4.69) is 14.7 Å². The number of aryl methyl sites for hydroxylation is 2. The van der Waals surface area contributed by atoms with Crippen molar-refractivity contribution in [3.05, 3.63) is 123 Å². The van der Waals surface area contributed by atoms with Gasteiger partial charge in [-0.2, -0.15) is 0 Å². The van der Waals surface area contributed by atoms with E-state index >= 15 is 0 Å². The van der Waals surface area contributed by atoms with Gasteiger partial charge in [0.15, 0.2) is 4.80 Å². The molecule has 0 aliphatic heterocycles. The van der Waals surface area contributed by atoms with E-state index in [0.29, 0.717) is 27.6 Å². The number of amidine groups is 1. The minimum atomic E-state index is -4.71. The second kappa shape index (κ2) is 18.7. The second-order valence-corrected chi connectivity index (χ2v) is 10.8. The number of thiazole rings is 1. The SMILES string of the molecule is Cc1cccc(C)c1-n1c(-c2ccc(OC(F)(F)F)cc2)csc1=N.FCF.N=Cc1ccc(C(N)=NC=Nc2ccc(OCF)cc2)cc1. The van der Waals surface area contributed by atoms with Gasteiger partial charge in [0.2, 0.25) is 13.8 Å². The molecule has 1 aromatic heterocycles. The minimum absolute atomic E-state index is 0.267. The Kier molecular flexibility index (Phi) is 14.5. The van der Waals surface area contributed by atoms with Gasteiger partial charge in [-0.15, -0.1) is 24.5 Å². The van der Waals surface area contributed by atoms with Crippen LogP contribution in [-0.2, 0) is 0 Å². The minimum Gasteiger partial charge on any atom is -0.463 e. The Bertz CT molecular complexity index is 1920. The average Bonchev–Trinajstić information content (AvgIpc) is 3.46. The van der Waals surface area contributed by atoms with Crippen molar-refractivity contribution in [1.29, 1.82) is 10.8 Å². The number of aliphatic imine (C=N–C) groups is 2. The van der Waals surface area contributed by atoms with Gasteiger partial charge in [0.1, 0.15) is 23.7 Å². The van der Waals surface area contributed by atoms with Gasteiger partial charge in [-0.1, -0.05) is 42.5 Å². The van der Waals surface area contributed by atoms with Crippen molar-refractivity contribution in [2.75, 3.05) is 13.8 Å². The molecule has 0 saturated heterocycles. The molecule has 262 valence electrons. The quantitative estimate of drug-likeness (QED) is 0.0802. The lowest BCUT2D eigenvalue weighted by atomic mass is 10.1. The van der Waals surface area contributed by atoms with Crippen LogP contribution in [0.25, 0.3) is 16.9 Å². The molecule has 0 fully saturated rings. The van der Waals surface area contributed by atoms with Gasteiger partial charge in [0, 0.05) is 17.2 Å². The van der Waals surface area contributed by atoms with Crippen LogP contribution in [0, 0.1) is 24.7 Å². The van der Waals surface area contributed by atoms with Gasteiger partial charge in [0.05, 0.1) is 17.1 Å². The Morgan fingerprint density at radius 2 is 1.46 bits per heavy atom. The highest BCUT2D eigenvalue weighted by molar-refractivity contribution is 7.07. The molecule has 0 saturated carbocycles. The lowest BCUT2D eigenvalue weighted by molar-refractivity contribution is -0.274. The summed E-state index contributed by atoms with van der Waals surface area (Å²) in [7, 11) is 0. The number of ether oxygens (including phenoxy) is 2. The van der Waals surface area contributed by atoms with E-state index in [9.17, 15) is 26.3 Å². The molecular weight excluding hydrogens is 682 g/mol. The van der Waals surface area contributed by atoms with Crippen molar-refractivity contribution in [2.45, 2.75) is 20.2 Å². The van der Waals surface area contributed by atoms with Crippen LogP contribution in [0.1, 0.15) is 22.3 Å². The van der Waals surface area contributed by atoms with Crippen LogP contribution in [0.5, 0.6) is 11.5 Å². The van der Waals surface area contributed by atoms with Crippen molar-refractivity contribution in [1.82, 2.24) is 4.57 Å². The van der Waals surface area contributed by atoms with Gasteiger partial charge >= 0.3 is 6.36 Å². The molecule has 0 radical (unpaired) electrons. The maximum absolute atomic E-state index is 12.3. The van der Waals surface area contributed by atoms with Gasteiger partial charge < -0.3 is 20.6 Å². The summed E-state index contributed by atoms with van der Waals surface area (Å²) < 4.78 is 78.5. The van der Waals surface area contributed by atoms with E-state index in [1.165, 1.54) is 36.0 Å². The topological polar surface area (TPSA) is 122 Å². The first-order valence-corrected chi connectivity index (χ1v) is 15.3. The van der Waals surface area contributed by atoms with E-state index in [-0.39, 0.29) is 5.75 Å². The summed E-state index contributed by atoms with van der Waals surface area (Å²) in [5.41, 5.74) is 12.5. The van der Waals surface area contributed by atoms with Crippen molar-refractivity contribution in [3.8, 4) is 28.4 Å². The molecule has 0 spiro atoms. The highest BCUT2D eigenvalue weighted by Gasteiger charge is 2.31. The van der Waals surface area contributed by atoms with Crippen LogP contribution in [0.2, 0.25) is 0 Å². The standard InChI is InChI=1S/C18H15F3N2OS.C16H15FN4O.CH2F2/c1-11-4-3-5-12(2)16(11)23-15(10-25-17(23)22)13-6-8-14(9-7-13)24-18(19,20)21;17-10-22-15-7-5-14(6-8-15)20-11-21-16(19)13-3-1-12(9-18)2-4-13;2-1-3/h3-10,22H,1-2H3;1-9,11,18H,10H2,(H2,19,20,21);1H2. The summed E-state index contributed by atoms with van der Waals surface area (Å²) in [4.78, 5) is 8.54. The predicted molar refractivity (Wildman–Crippen MR) is 184 cm³/mol. The zero-order valence-electron chi connectivity index (χ0n) is 26.7. The number of hydrogen-bond acceptors (Lipinski definition) is 6. The lowest BCUT2D eigenvalue weighted by Gasteiger charge is -2.15. The first-order valence-electron chi connectivity index (χ1n) is 14.5. The fourth-order valence-electron chi connectivity index (χ4n) is 4.41. The van der Waals surface area contributed by atoms with Crippen molar-refractivity contribution in [3.63, 3.8) is 0 Å². The van der Waals surface area contributed by atoms with Gasteiger partial charge in [0.25, 0.3) is 0 Å². The summed E-state index contributed by atoms with van der Waals surface area (Å²) in [6, 6.07) is 25.3. The first kappa shape index (κ1) is 38.7. The van der Waals surface area contributed by atoms with E-state index < -0.39 is 20.2 Å². The Morgan fingerprint density at radius 1 is 0.880 bits per heavy atom. The fourth-order valence-corrected chi connectivity index (χ4v) is 5.16. The molecule has 1 heterocycles. The summed E-state index contributed by atoms with van der Waals surface area (Å²) in [6.45, 7) is 1.33. The first-order chi connectivity index (χ1) is 23.9. The zero-order chi connectivity index (χ0) is 36.7. The smallest absolute Gasteiger partial charge is 0.463 e. The number of alkyl halides is 6. The summed E-state index contributed by atoms with van der Waals surface area (Å²) in [5.74, 6) is 0.504. The molecule has 5 rings (SSSR count). The molecule has 0 atom stereocenters. The zero-order valence-corrected chi connectivity index (χ0v) is 27.5. The molecule has 4 N–H and O–H groups in total. The van der Waals surface area contributed by atoms with Crippen LogP contribution in [0.3, 0.4) is 0 Å². The maximum atomic E-state index is 12.3.